The number of rotatable bonds is 4. The van der Waals surface area contributed by atoms with Gasteiger partial charge >= 0.3 is 0 Å². The molecule has 1 unspecified atom stereocenters. The monoisotopic (exact) mass is 352 g/mol. The molecule has 4 rings (SSSR count). The Morgan fingerprint density at radius 1 is 1.42 bits per heavy atom. The van der Waals surface area contributed by atoms with Gasteiger partial charge < -0.3 is 14.2 Å². The zero-order valence-corrected chi connectivity index (χ0v) is 15.2. The van der Waals surface area contributed by atoms with Crippen molar-refractivity contribution in [2.75, 3.05) is 33.7 Å². The Hall–Kier alpha value is -2.60. The Morgan fingerprint density at radius 2 is 2.27 bits per heavy atom. The number of carbonyl (C=O) groups excluding carboxylic acids is 1. The first-order chi connectivity index (χ1) is 12.6. The van der Waals surface area contributed by atoms with E-state index in [2.05, 4.69) is 22.1 Å². The lowest BCUT2D eigenvalue weighted by atomic mass is 9.98. The summed E-state index contributed by atoms with van der Waals surface area (Å²) in [4.78, 5) is 17.1. The van der Waals surface area contributed by atoms with Crippen molar-refractivity contribution in [2.24, 2.45) is 5.92 Å². The third-order valence-electron chi connectivity index (χ3n) is 5.14. The Labute approximate surface area is 152 Å². The van der Waals surface area contributed by atoms with Crippen LogP contribution in [0.4, 0.5) is 0 Å². The number of para-hydroxylation sites is 1. The number of piperidine rings is 1. The number of fused-ring (bicyclic) bond motifs is 1. The Morgan fingerprint density at radius 3 is 3.08 bits per heavy atom. The van der Waals surface area contributed by atoms with Crippen molar-refractivity contribution in [3.63, 3.8) is 0 Å². The molecule has 6 nitrogen and oxygen atoms in total. The number of benzene rings is 1. The van der Waals surface area contributed by atoms with E-state index in [1.807, 2.05) is 37.4 Å². The molecular formula is C20H24N4O2. The first-order valence-electron chi connectivity index (χ1n) is 9.08. The van der Waals surface area contributed by atoms with Crippen LogP contribution in [-0.2, 0) is 0 Å². The van der Waals surface area contributed by atoms with Crippen LogP contribution in [0.5, 0.6) is 0 Å². The second-order valence-corrected chi connectivity index (χ2v) is 7.26. The van der Waals surface area contributed by atoms with E-state index in [9.17, 15) is 4.79 Å². The number of carbonyl (C=O) groups is 1. The second kappa shape index (κ2) is 6.96. The highest BCUT2D eigenvalue weighted by molar-refractivity contribution is 5.99. The summed E-state index contributed by atoms with van der Waals surface area (Å²) >= 11 is 0. The number of likely N-dealkylation sites (tertiary alicyclic amines) is 1. The maximum atomic E-state index is 13.0. The highest BCUT2D eigenvalue weighted by Crippen LogP contribution is 2.29. The molecule has 1 aromatic carbocycles. The van der Waals surface area contributed by atoms with Gasteiger partial charge in [0.2, 0.25) is 0 Å². The first kappa shape index (κ1) is 16.8. The van der Waals surface area contributed by atoms with Gasteiger partial charge in [0, 0.05) is 25.5 Å². The molecule has 0 radical (unpaired) electrons. The number of amides is 1. The fourth-order valence-electron chi connectivity index (χ4n) is 3.84. The van der Waals surface area contributed by atoms with Crippen LogP contribution in [0.2, 0.25) is 0 Å². The van der Waals surface area contributed by atoms with Crippen molar-refractivity contribution >= 4 is 16.9 Å². The predicted molar refractivity (Wildman–Crippen MR) is 101 cm³/mol. The van der Waals surface area contributed by atoms with Crippen molar-refractivity contribution in [1.82, 2.24) is 20.0 Å². The molecule has 1 amide bonds. The summed E-state index contributed by atoms with van der Waals surface area (Å²) < 4.78 is 5.90. The molecule has 26 heavy (non-hydrogen) atoms. The van der Waals surface area contributed by atoms with Crippen LogP contribution in [-0.4, -0.2) is 59.6 Å². The van der Waals surface area contributed by atoms with Crippen LogP contribution in [0.25, 0.3) is 22.4 Å². The third-order valence-corrected chi connectivity index (χ3v) is 5.14. The lowest BCUT2D eigenvalue weighted by Crippen LogP contribution is -2.40. The van der Waals surface area contributed by atoms with E-state index in [1.54, 1.807) is 11.1 Å². The van der Waals surface area contributed by atoms with Gasteiger partial charge in [-0.05, 0) is 44.5 Å². The highest BCUT2D eigenvalue weighted by atomic mass is 16.3. The largest absolute Gasteiger partial charge is 0.454 e. The van der Waals surface area contributed by atoms with Gasteiger partial charge in [0.05, 0.1) is 11.8 Å². The summed E-state index contributed by atoms with van der Waals surface area (Å²) in [6.07, 6.45) is 3.96. The minimum atomic E-state index is -0.0255. The molecule has 1 aliphatic rings. The minimum Gasteiger partial charge on any atom is -0.454 e. The van der Waals surface area contributed by atoms with E-state index in [1.165, 1.54) is 12.8 Å². The molecule has 1 saturated heterocycles. The maximum absolute atomic E-state index is 13.0. The van der Waals surface area contributed by atoms with E-state index in [4.69, 9.17) is 4.42 Å². The molecule has 0 saturated carbocycles. The quantitative estimate of drug-likeness (QED) is 0.783. The smallest absolute Gasteiger partial charge is 0.257 e. The van der Waals surface area contributed by atoms with Gasteiger partial charge in [-0.1, -0.05) is 18.2 Å². The van der Waals surface area contributed by atoms with Crippen molar-refractivity contribution in [1.29, 1.82) is 0 Å². The molecule has 0 bridgehead atoms. The highest BCUT2D eigenvalue weighted by Gasteiger charge is 2.25. The summed E-state index contributed by atoms with van der Waals surface area (Å²) in [7, 11) is 4.01. The molecule has 6 heteroatoms. The summed E-state index contributed by atoms with van der Waals surface area (Å²) in [5, 5.41) is 8.03. The Bertz CT molecular complexity index is 880. The number of aromatic nitrogens is 2. The molecule has 1 aliphatic heterocycles. The van der Waals surface area contributed by atoms with Crippen LogP contribution in [0.15, 0.2) is 40.9 Å². The van der Waals surface area contributed by atoms with E-state index >= 15 is 0 Å². The molecule has 1 atom stereocenters. The SMILES string of the molecule is CN1CCCC(CN(C)C(=O)c2cn[nH]c2-c2cc3ccccc3o2)C1. The fraction of sp³-hybridized carbons (Fsp3) is 0.400. The van der Waals surface area contributed by atoms with Crippen molar-refractivity contribution < 1.29 is 9.21 Å². The van der Waals surface area contributed by atoms with E-state index in [-0.39, 0.29) is 5.91 Å². The Balaban J connectivity index is 1.54. The number of aromatic amines is 1. The van der Waals surface area contributed by atoms with Crippen LogP contribution in [0.3, 0.4) is 0 Å². The van der Waals surface area contributed by atoms with Gasteiger partial charge in [0.1, 0.15) is 11.3 Å². The lowest BCUT2D eigenvalue weighted by Gasteiger charge is -2.32. The van der Waals surface area contributed by atoms with E-state index in [0.717, 1.165) is 30.6 Å². The van der Waals surface area contributed by atoms with Gasteiger partial charge in [0.25, 0.3) is 5.91 Å². The Kier molecular flexibility index (Phi) is 4.51. The van der Waals surface area contributed by atoms with Gasteiger partial charge in [-0.25, -0.2) is 0 Å². The molecular weight excluding hydrogens is 328 g/mol. The molecule has 1 N–H and O–H groups in total. The number of hydrogen-bond donors (Lipinski definition) is 1. The minimum absolute atomic E-state index is 0.0255. The molecule has 2 aromatic heterocycles. The maximum Gasteiger partial charge on any atom is 0.257 e. The molecule has 3 aromatic rings. The topological polar surface area (TPSA) is 65.4 Å². The van der Waals surface area contributed by atoms with Gasteiger partial charge in [-0.2, -0.15) is 5.10 Å². The predicted octanol–water partition coefficient (Wildman–Crippen LogP) is 3.24. The standard InChI is InChI=1S/C20H24N4O2/c1-23-9-5-6-14(12-23)13-24(2)20(25)16-11-21-22-19(16)18-10-15-7-3-4-8-17(15)26-18/h3-4,7-8,10-11,14H,5-6,9,12-13H2,1-2H3,(H,21,22). The van der Waals surface area contributed by atoms with Crippen LogP contribution < -0.4 is 0 Å². The normalized spacial score (nSPS) is 18.3. The average Bonchev–Trinajstić information content (AvgIpc) is 3.27. The number of nitrogens with zero attached hydrogens (tertiary/aromatic N) is 3. The molecule has 3 heterocycles. The van der Waals surface area contributed by atoms with Crippen LogP contribution >= 0.6 is 0 Å². The summed E-state index contributed by atoms with van der Waals surface area (Å²) in [5.41, 5.74) is 1.99. The van der Waals surface area contributed by atoms with Crippen LogP contribution in [0, 0.1) is 5.92 Å². The van der Waals surface area contributed by atoms with Crippen molar-refractivity contribution in [2.45, 2.75) is 12.8 Å². The number of H-pyrrole nitrogens is 1. The van der Waals surface area contributed by atoms with Crippen molar-refractivity contribution in [3.05, 3.63) is 42.1 Å². The fourth-order valence-corrected chi connectivity index (χ4v) is 3.84. The summed E-state index contributed by atoms with van der Waals surface area (Å²) in [6, 6.07) is 9.75. The van der Waals surface area contributed by atoms with E-state index < -0.39 is 0 Å². The summed E-state index contributed by atoms with van der Waals surface area (Å²) in [5.74, 6) is 1.13. The zero-order valence-electron chi connectivity index (χ0n) is 15.2. The molecule has 0 aliphatic carbocycles. The summed E-state index contributed by atoms with van der Waals surface area (Å²) in [6.45, 7) is 2.94. The molecule has 0 spiro atoms. The third kappa shape index (κ3) is 3.24. The van der Waals surface area contributed by atoms with E-state index in [0.29, 0.717) is 22.9 Å². The zero-order chi connectivity index (χ0) is 18.1. The average molecular weight is 352 g/mol. The first-order valence-corrected chi connectivity index (χ1v) is 9.08. The number of nitrogens with one attached hydrogen (secondary N) is 1. The lowest BCUT2D eigenvalue weighted by molar-refractivity contribution is 0.0741. The molecule has 1 fully saturated rings. The number of furan rings is 1. The number of hydrogen-bond acceptors (Lipinski definition) is 4. The van der Waals surface area contributed by atoms with Crippen LogP contribution in [0.1, 0.15) is 23.2 Å². The molecule has 136 valence electrons. The van der Waals surface area contributed by atoms with Gasteiger partial charge in [0.15, 0.2) is 5.76 Å². The van der Waals surface area contributed by atoms with Gasteiger partial charge in [-0.3, -0.25) is 9.89 Å². The van der Waals surface area contributed by atoms with Gasteiger partial charge in [-0.15, -0.1) is 0 Å². The second-order valence-electron chi connectivity index (χ2n) is 7.26. The van der Waals surface area contributed by atoms with Crippen molar-refractivity contribution in [3.8, 4) is 11.5 Å².